The molecular weight excluding hydrogens is 240 g/mol. The third-order valence-corrected chi connectivity index (χ3v) is 3.36. The number of morpholine rings is 1. The Morgan fingerprint density at radius 3 is 2.74 bits per heavy atom. The molecule has 1 fully saturated rings. The molecule has 2 N–H and O–H groups in total. The molecule has 1 aromatic carbocycles. The third kappa shape index (κ3) is 4.20. The average molecular weight is 264 g/mol. The van der Waals surface area contributed by atoms with Gasteiger partial charge in [0.2, 0.25) is 0 Å². The zero-order chi connectivity index (χ0) is 13.7. The number of rotatable bonds is 5. The Hall–Kier alpha value is -1.10. The smallest absolute Gasteiger partial charge is 0.0980 e. The molecule has 1 aliphatic rings. The van der Waals surface area contributed by atoms with Gasteiger partial charge in [-0.25, -0.2) is 0 Å². The Morgan fingerprint density at radius 2 is 2.11 bits per heavy atom. The monoisotopic (exact) mass is 264 g/mol. The molecule has 2 rings (SSSR count). The number of nitrogens with zero attached hydrogens (tertiary/aromatic N) is 1. The Morgan fingerprint density at radius 1 is 1.37 bits per heavy atom. The van der Waals surface area contributed by atoms with Crippen molar-refractivity contribution in [3.8, 4) is 0 Å². The molecule has 0 aromatic heterocycles. The molecule has 1 heterocycles. The van der Waals surface area contributed by atoms with E-state index in [0.717, 1.165) is 19.6 Å². The lowest BCUT2D eigenvalue weighted by molar-refractivity contribution is 0.00357. The number of benzene rings is 1. The van der Waals surface area contributed by atoms with Gasteiger partial charge < -0.3 is 20.1 Å². The molecule has 19 heavy (non-hydrogen) atoms. The molecule has 106 valence electrons. The van der Waals surface area contributed by atoms with Gasteiger partial charge in [-0.1, -0.05) is 26.0 Å². The summed E-state index contributed by atoms with van der Waals surface area (Å²) in [4.78, 5) is 2.27. The van der Waals surface area contributed by atoms with Gasteiger partial charge in [-0.3, -0.25) is 0 Å². The van der Waals surface area contributed by atoms with Crippen LogP contribution in [0.5, 0.6) is 0 Å². The minimum Gasteiger partial charge on any atom is -0.394 e. The zero-order valence-corrected chi connectivity index (χ0v) is 11.8. The highest BCUT2D eigenvalue weighted by atomic mass is 16.5. The second-order valence-electron chi connectivity index (χ2n) is 5.32. The van der Waals surface area contributed by atoms with Gasteiger partial charge in [-0.05, 0) is 17.7 Å². The van der Waals surface area contributed by atoms with E-state index in [1.807, 2.05) is 0 Å². The van der Waals surface area contributed by atoms with E-state index in [-0.39, 0.29) is 12.7 Å². The molecular formula is C15H24N2O2. The van der Waals surface area contributed by atoms with Crippen LogP contribution < -0.4 is 10.2 Å². The van der Waals surface area contributed by atoms with E-state index >= 15 is 0 Å². The second kappa shape index (κ2) is 6.89. The fraction of sp³-hybridized carbons (Fsp3) is 0.600. The Bertz CT molecular complexity index is 378. The average Bonchev–Trinajstić information content (AvgIpc) is 2.45. The molecule has 1 atom stereocenters. The minimum absolute atomic E-state index is 0.0592. The first-order valence-corrected chi connectivity index (χ1v) is 6.99. The number of hydrogen-bond acceptors (Lipinski definition) is 4. The summed E-state index contributed by atoms with van der Waals surface area (Å²) in [6, 6.07) is 9.13. The van der Waals surface area contributed by atoms with Gasteiger partial charge in [-0.2, -0.15) is 0 Å². The van der Waals surface area contributed by atoms with Gasteiger partial charge in [0.05, 0.1) is 19.3 Å². The summed E-state index contributed by atoms with van der Waals surface area (Å²) in [6.45, 7) is 7.63. The third-order valence-electron chi connectivity index (χ3n) is 3.36. The van der Waals surface area contributed by atoms with Gasteiger partial charge >= 0.3 is 0 Å². The maximum atomic E-state index is 9.16. The topological polar surface area (TPSA) is 44.7 Å². The number of ether oxygens (including phenoxy) is 1. The molecule has 1 aromatic rings. The molecule has 0 amide bonds. The highest BCUT2D eigenvalue weighted by molar-refractivity contribution is 5.48. The largest absolute Gasteiger partial charge is 0.394 e. The lowest BCUT2D eigenvalue weighted by atomic mass is 10.1. The van der Waals surface area contributed by atoms with Crippen LogP contribution >= 0.6 is 0 Å². The Kier molecular flexibility index (Phi) is 5.19. The molecule has 0 radical (unpaired) electrons. The number of nitrogens with one attached hydrogen (secondary N) is 1. The summed E-state index contributed by atoms with van der Waals surface area (Å²) in [5.74, 6) is 0. The molecule has 0 bridgehead atoms. The van der Waals surface area contributed by atoms with Crippen LogP contribution in [0.4, 0.5) is 5.69 Å². The summed E-state index contributed by atoms with van der Waals surface area (Å²) in [5.41, 5.74) is 2.50. The predicted octanol–water partition coefficient (Wildman–Crippen LogP) is 1.38. The first kappa shape index (κ1) is 14.3. The van der Waals surface area contributed by atoms with Crippen molar-refractivity contribution in [2.45, 2.75) is 32.5 Å². The molecule has 4 nitrogen and oxygen atoms in total. The van der Waals surface area contributed by atoms with Crippen molar-refractivity contribution in [2.75, 3.05) is 31.2 Å². The van der Waals surface area contributed by atoms with E-state index in [4.69, 9.17) is 9.84 Å². The zero-order valence-electron chi connectivity index (χ0n) is 11.8. The maximum Gasteiger partial charge on any atom is 0.0980 e. The second-order valence-corrected chi connectivity index (χ2v) is 5.32. The van der Waals surface area contributed by atoms with Crippen molar-refractivity contribution in [3.05, 3.63) is 29.8 Å². The van der Waals surface area contributed by atoms with Crippen molar-refractivity contribution in [2.24, 2.45) is 0 Å². The lowest BCUT2D eigenvalue weighted by Crippen LogP contribution is -2.44. The Labute approximate surface area is 115 Å². The number of hydrogen-bond donors (Lipinski definition) is 2. The van der Waals surface area contributed by atoms with Gasteiger partial charge in [0, 0.05) is 31.4 Å². The van der Waals surface area contributed by atoms with Gasteiger partial charge in [0.25, 0.3) is 0 Å². The van der Waals surface area contributed by atoms with Crippen molar-refractivity contribution >= 4 is 5.69 Å². The van der Waals surface area contributed by atoms with Crippen LogP contribution in [-0.4, -0.2) is 43.6 Å². The van der Waals surface area contributed by atoms with Gasteiger partial charge in [0.1, 0.15) is 0 Å². The van der Waals surface area contributed by atoms with Crippen LogP contribution in [0.2, 0.25) is 0 Å². The van der Waals surface area contributed by atoms with E-state index in [1.165, 1.54) is 11.3 Å². The first-order valence-electron chi connectivity index (χ1n) is 6.99. The summed E-state index contributed by atoms with van der Waals surface area (Å²) < 4.78 is 5.47. The fourth-order valence-electron chi connectivity index (χ4n) is 2.21. The van der Waals surface area contributed by atoms with Gasteiger partial charge in [0.15, 0.2) is 0 Å². The molecule has 0 spiro atoms. The summed E-state index contributed by atoms with van der Waals surface area (Å²) in [7, 11) is 0. The highest BCUT2D eigenvalue weighted by Crippen LogP contribution is 2.18. The fourth-order valence-corrected chi connectivity index (χ4v) is 2.21. The van der Waals surface area contributed by atoms with Crippen LogP contribution in [0.15, 0.2) is 24.3 Å². The van der Waals surface area contributed by atoms with E-state index < -0.39 is 0 Å². The first-order chi connectivity index (χ1) is 9.19. The quantitative estimate of drug-likeness (QED) is 0.843. The number of aliphatic hydroxyl groups excluding tert-OH is 1. The van der Waals surface area contributed by atoms with Crippen molar-refractivity contribution in [1.29, 1.82) is 0 Å². The van der Waals surface area contributed by atoms with Crippen LogP contribution in [-0.2, 0) is 11.3 Å². The van der Waals surface area contributed by atoms with Crippen LogP contribution in [0.1, 0.15) is 19.4 Å². The van der Waals surface area contributed by atoms with Crippen molar-refractivity contribution < 1.29 is 9.84 Å². The van der Waals surface area contributed by atoms with E-state index in [0.29, 0.717) is 12.6 Å². The van der Waals surface area contributed by atoms with Crippen molar-refractivity contribution in [3.63, 3.8) is 0 Å². The molecule has 0 aliphatic carbocycles. The number of aliphatic hydroxyl groups is 1. The summed E-state index contributed by atoms with van der Waals surface area (Å²) >= 11 is 0. The predicted molar refractivity (Wildman–Crippen MR) is 77.5 cm³/mol. The minimum atomic E-state index is -0.0592. The molecule has 1 unspecified atom stereocenters. The van der Waals surface area contributed by atoms with Crippen LogP contribution in [0.3, 0.4) is 0 Å². The van der Waals surface area contributed by atoms with E-state index in [9.17, 15) is 0 Å². The summed E-state index contributed by atoms with van der Waals surface area (Å²) in [5, 5.41) is 12.6. The molecule has 4 heteroatoms. The maximum absolute atomic E-state index is 9.16. The van der Waals surface area contributed by atoms with E-state index in [1.54, 1.807) is 0 Å². The molecule has 1 aliphatic heterocycles. The highest BCUT2D eigenvalue weighted by Gasteiger charge is 2.19. The number of anilines is 1. The summed E-state index contributed by atoms with van der Waals surface area (Å²) in [6.07, 6.45) is -0.0592. The normalized spacial score (nSPS) is 20.0. The van der Waals surface area contributed by atoms with Crippen LogP contribution in [0, 0.1) is 0 Å². The van der Waals surface area contributed by atoms with Gasteiger partial charge in [-0.15, -0.1) is 0 Å². The SMILES string of the molecule is CC(C)NCc1ccc(N2CCOC(CO)C2)cc1. The Balaban J connectivity index is 1.93. The standard InChI is InChI=1S/C15H24N2O2/c1-12(2)16-9-13-3-5-14(6-4-13)17-7-8-19-15(10-17)11-18/h3-6,12,15-16,18H,7-11H2,1-2H3. The van der Waals surface area contributed by atoms with Crippen LogP contribution in [0.25, 0.3) is 0 Å². The molecule has 1 saturated heterocycles. The van der Waals surface area contributed by atoms with E-state index in [2.05, 4.69) is 48.3 Å². The molecule has 0 saturated carbocycles. The van der Waals surface area contributed by atoms with Crippen molar-refractivity contribution in [1.82, 2.24) is 5.32 Å². The lowest BCUT2D eigenvalue weighted by Gasteiger charge is -2.33.